The molecule has 9 nitrogen and oxygen atoms in total. The first-order valence-corrected chi connectivity index (χ1v) is 10.9. The summed E-state index contributed by atoms with van der Waals surface area (Å²) in [5, 5.41) is 7.95. The highest BCUT2D eigenvalue weighted by molar-refractivity contribution is 5.90. The van der Waals surface area contributed by atoms with Crippen molar-refractivity contribution < 1.29 is 28.7 Å². The maximum Gasteiger partial charge on any atom is 0.407 e. The molecule has 0 aromatic heterocycles. The van der Waals surface area contributed by atoms with E-state index in [4.69, 9.17) is 9.47 Å². The quantitative estimate of drug-likeness (QED) is 0.443. The van der Waals surface area contributed by atoms with Crippen molar-refractivity contribution in [2.75, 3.05) is 20.3 Å². The first-order valence-electron chi connectivity index (χ1n) is 10.9. The minimum atomic E-state index is -0.980. The number of benzene rings is 1. The van der Waals surface area contributed by atoms with E-state index in [0.717, 1.165) is 5.56 Å². The second-order valence-electron chi connectivity index (χ2n) is 8.29. The van der Waals surface area contributed by atoms with Crippen LogP contribution in [0.25, 0.3) is 0 Å². The van der Waals surface area contributed by atoms with Crippen molar-refractivity contribution in [1.82, 2.24) is 16.0 Å². The predicted octanol–water partition coefficient (Wildman–Crippen LogP) is 1.55. The molecule has 0 radical (unpaired) electrons. The van der Waals surface area contributed by atoms with E-state index in [2.05, 4.69) is 16.0 Å². The number of ether oxygens (including phenoxy) is 2. The van der Waals surface area contributed by atoms with Crippen LogP contribution in [0, 0.1) is 11.8 Å². The van der Waals surface area contributed by atoms with Gasteiger partial charge in [0.1, 0.15) is 12.1 Å². The number of carbonyl (C=O) groups is 4. The van der Waals surface area contributed by atoms with Gasteiger partial charge in [-0.25, -0.2) is 9.59 Å². The van der Waals surface area contributed by atoms with Crippen molar-refractivity contribution in [1.29, 1.82) is 0 Å². The lowest BCUT2D eigenvalue weighted by Gasteiger charge is -2.24. The van der Waals surface area contributed by atoms with E-state index in [1.54, 1.807) is 0 Å². The van der Waals surface area contributed by atoms with E-state index in [1.165, 1.54) is 7.11 Å². The van der Waals surface area contributed by atoms with Gasteiger partial charge >= 0.3 is 12.1 Å². The third kappa shape index (κ3) is 8.20. The van der Waals surface area contributed by atoms with Crippen molar-refractivity contribution in [3.63, 3.8) is 0 Å². The molecule has 3 atom stereocenters. The Morgan fingerprint density at radius 2 is 1.84 bits per heavy atom. The van der Waals surface area contributed by atoms with Gasteiger partial charge in [0.2, 0.25) is 11.8 Å². The van der Waals surface area contributed by atoms with E-state index >= 15 is 0 Å². The Hall–Kier alpha value is -3.10. The number of hydrogen-bond donors (Lipinski definition) is 3. The molecule has 1 unspecified atom stereocenters. The Morgan fingerprint density at radius 1 is 1.12 bits per heavy atom. The summed E-state index contributed by atoms with van der Waals surface area (Å²) in [6.07, 6.45) is 0.941. The van der Waals surface area contributed by atoms with E-state index < -0.39 is 30.1 Å². The maximum absolute atomic E-state index is 12.9. The predicted molar refractivity (Wildman–Crippen MR) is 118 cm³/mol. The summed E-state index contributed by atoms with van der Waals surface area (Å²) in [4.78, 5) is 49.3. The van der Waals surface area contributed by atoms with Gasteiger partial charge in [0.05, 0.1) is 13.7 Å². The van der Waals surface area contributed by atoms with Crippen LogP contribution in [0.1, 0.15) is 38.7 Å². The van der Waals surface area contributed by atoms with Crippen molar-refractivity contribution in [2.45, 2.75) is 51.6 Å². The molecule has 3 N–H and O–H groups in total. The van der Waals surface area contributed by atoms with Gasteiger partial charge in [-0.15, -0.1) is 0 Å². The minimum absolute atomic E-state index is 0.104. The molecule has 1 aromatic carbocycles. The highest BCUT2D eigenvalue weighted by Gasteiger charge is 2.33. The molecule has 32 heavy (non-hydrogen) atoms. The summed E-state index contributed by atoms with van der Waals surface area (Å²) in [5.74, 6) is -1.57. The topological polar surface area (TPSA) is 123 Å². The van der Waals surface area contributed by atoms with Gasteiger partial charge in [-0.2, -0.15) is 0 Å². The van der Waals surface area contributed by atoms with Gasteiger partial charge in [0.25, 0.3) is 0 Å². The third-order valence-electron chi connectivity index (χ3n) is 5.27. The van der Waals surface area contributed by atoms with Crippen LogP contribution in [-0.4, -0.2) is 56.2 Å². The second-order valence-corrected chi connectivity index (χ2v) is 8.29. The lowest BCUT2D eigenvalue weighted by Crippen LogP contribution is -2.53. The van der Waals surface area contributed by atoms with E-state index in [9.17, 15) is 19.2 Å². The number of methoxy groups -OCH3 is 1. The number of rotatable bonds is 11. The van der Waals surface area contributed by atoms with Crippen LogP contribution in [0.2, 0.25) is 0 Å². The number of carbonyl (C=O) groups excluding carboxylic acids is 4. The smallest absolute Gasteiger partial charge is 0.407 e. The number of alkyl carbamates (subject to hydrolysis) is 1. The van der Waals surface area contributed by atoms with Crippen molar-refractivity contribution in [2.24, 2.45) is 11.8 Å². The van der Waals surface area contributed by atoms with Gasteiger partial charge in [-0.3, -0.25) is 9.59 Å². The van der Waals surface area contributed by atoms with Crippen LogP contribution in [0.15, 0.2) is 30.3 Å². The zero-order chi connectivity index (χ0) is 23.5. The maximum atomic E-state index is 12.9. The second kappa shape index (κ2) is 12.7. The minimum Gasteiger partial charge on any atom is -0.467 e. The lowest BCUT2D eigenvalue weighted by molar-refractivity contribution is -0.146. The molecule has 2 rings (SSSR count). The van der Waals surface area contributed by atoms with Crippen LogP contribution < -0.4 is 16.0 Å². The van der Waals surface area contributed by atoms with E-state index in [0.29, 0.717) is 25.8 Å². The molecule has 1 saturated heterocycles. The van der Waals surface area contributed by atoms with Crippen LogP contribution in [0.3, 0.4) is 0 Å². The summed E-state index contributed by atoms with van der Waals surface area (Å²) < 4.78 is 10.0. The van der Waals surface area contributed by atoms with Gasteiger partial charge in [0, 0.05) is 18.9 Å². The molecular formula is C23H33N3O6. The highest BCUT2D eigenvalue weighted by atomic mass is 16.5. The Bertz CT molecular complexity index is 783. The normalized spacial score (nSPS) is 17.2. The summed E-state index contributed by atoms with van der Waals surface area (Å²) in [6.45, 7) is 4.55. The average molecular weight is 448 g/mol. The van der Waals surface area contributed by atoms with Crippen molar-refractivity contribution in [3.8, 4) is 0 Å². The van der Waals surface area contributed by atoms with E-state index in [1.807, 2.05) is 44.2 Å². The Balaban J connectivity index is 1.94. The first kappa shape index (κ1) is 25.2. The molecule has 0 aliphatic carbocycles. The Labute approximate surface area is 188 Å². The number of esters is 1. The first-order chi connectivity index (χ1) is 15.3. The number of nitrogens with one attached hydrogen (secondary N) is 3. The van der Waals surface area contributed by atoms with E-state index in [-0.39, 0.29) is 30.8 Å². The summed E-state index contributed by atoms with van der Waals surface area (Å²) in [7, 11) is 1.23. The molecule has 0 spiro atoms. The fourth-order valence-electron chi connectivity index (χ4n) is 3.58. The molecule has 0 bridgehead atoms. The molecule has 0 saturated carbocycles. The Morgan fingerprint density at radius 3 is 2.44 bits per heavy atom. The fourth-order valence-corrected chi connectivity index (χ4v) is 3.58. The van der Waals surface area contributed by atoms with Gasteiger partial charge in [0.15, 0.2) is 0 Å². The van der Waals surface area contributed by atoms with Crippen LogP contribution in [0.4, 0.5) is 4.79 Å². The largest absolute Gasteiger partial charge is 0.467 e. The molecule has 1 fully saturated rings. The highest BCUT2D eigenvalue weighted by Crippen LogP contribution is 2.17. The summed E-state index contributed by atoms with van der Waals surface area (Å²) in [6, 6.07) is 7.74. The van der Waals surface area contributed by atoms with Gasteiger partial charge in [-0.05, 0) is 30.7 Å². The molecule has 1 aliphatic rings. The number of amides is 3. The van der Waals surface area contributed by atoms with Crippen LogP contribution in [0.5, 0.6) is 0 Å². The summed E-state index contributed by atoms with van der Waals surface area (Å²) in [5.41, 5.74) is 1.04. The molecular weight excluding hydrogens is 414 g/mol. The molecule has 3 amide bonds. The molecule has 176 valence electrons. The number of hydrogen-bond acceptors (Lipinski definition) is 6. The average Bonchev–Trinajstić information content (AvgIpc) is 3.17. The lowest BCUT2D eigenvalue weighted by atomic mass is 9.97. The van der Waals surface area contributed by atoms with Crippen LogP contribution >= 0.6 is 0 Å². The molecule has 1 aromatic rings. The molecule has 9 heteroatoms. The van der Waals surface area contributed by atoms with Crippen molar-refractivity contribution in [3.05, 3.63) is 35.9 Å². The SMILES string of the molecule is COC(=O)[C@H](CC1CCNC1=O)NC(=O)[C@H](CC(C)C)NC(=O)OCCc1ccccc1. The standard InChI is InChI=1S/C23H33N3O6/c1-15(2)13-18(26-23(30)32-12-10-16-7-5-4-6-8-16)21(28)25-19(22(29)31-3)14-17-9-11-24-20(17)27/h4-8,15,17-19H,9-14H2,1-3H3,(H,24,27)(H,25,28)(H,26,30)/t17?,18-,19-/m0/s1. The third-order valence-corrected chi connectivity index (χ3v) is 5.27. The monoisotopic (exact) mass is 447 g/mol. The summed E-state index contributed by atoms with van der Waals surface area (Å²) >= 11 is 0. The van der Waals surface area contributed by atoms with Crippen molar-refractivity contribution >= 4 is 23.9 Å². The van der Waals surface area contributed by atoms with Gasteiger partial charge < -0.3 is 25.4 Å². The molecule has 1 aliphatic heterocycles. The molecule has 1 heterocycles. The zero-order valence-electron chi connectivity index (χ0n) is 18.9. The van der Waals surface area contributed by atoms with Crippen LogP contribution in [-0.2, 0) is 30.3 Å². The zero-order valence-corrected chi connectivity index (χ0v) is 18.9. The van der Waals surface area contributed by atoms with Gasteiger partial charge in [-0.1, -0.05) is 44.2 Å². The fraction of sp³-hybridized carbons (Fsp3) is 0.565. The Kier molecular flexibility index (Phi) is 9.97.